The standard InChI is InChI=1S/C15H25NO5/c1-4-15(5-2,14(19)20)9-12(17)16(11-7-8-11)10-13(18)21-6-3/h11H,4-10H2,1-3H3,(H,19,20). The van der Waals surface area contributed by atoms with Crippen molar-refractivity contribution in [3.63, 3.8) is 0 Å². The van der Waals surface area contributed by atoms with Gasteiger partial charge in [-0.3, -0.25) is 14.4 Å². The Morgan fingerprint density at radius 3 is 2.14 bits per heavy atom. The van der Waals surface area contributed by atoms with Crippen molar-refractivity contribution in [1.29, 1.82) is 0 Å². The molecule has 1 N–H and O–H groups in total. The fourth-order valence-corrected chi connectivity index (χ4v) is 2.42. The third kappa shape index (κ3) is 4.44. The zero-order valence-corrected chi connectivity index (χ0v) is 13.1. The van der Waals surface area contributed by atoms with Gasteiger partial charge in [0.25, 0.3) is 0 Å². The molecule has 0 unspecified atom stereocenters. The molecule has 1 aliphatic carbocycles. The van der Waals surface area contributed by atoms with Crippen molar-refractivity contribution in [3.8, 4) is 0 Å². The van der Waals surface area contributed by atoms with E-state index in [2.05, 4.69) is 0 Å². The SMILES string of the molecule is CCOC(=O)CN(C(=O)CC(CC)(CC)C(=O)O)C1CC1. The largest absolute Gasteiger partial charge is 0.481 e. The van der Waals surface area contributed by atoms with Crippen LogP contribution in [0.1, 0.15) is 52.9 Å². The number of carboxylic acid groups (broad SMARTS) is 1. The van der Waals surface area contributed by atoms with Gasteiger partial charge in [-0.05, 0) is 32.6 Å². The molecule has 0 spiro atoms. The normalized spacial score (nSPS) is 14.6. The molecule has 1 saturated carbocycles. The maximum Gasteiger partial charge on any atom is 0.325 e. The number of rotatable bonds is 9. The molecule has 0 aliphatic heterocycles. The van der Waals surface area contributed by atoms with E-state index >= 15 is 0 Å². The first-order valence-corrected chi connectivity index (χ1v) is 7.58. The average molecular weight is 299 g/mol. The van der Waals surface area contributed by atoms with Crippen LogP contribution >= 0.6 is 0 Å². The molecule has 0 heterocycles. The highest BCUT2D eigenvalue weighted by Crippen LogP contribution is 2.34. The van der Waals surface area contributed by atoms with E-state index in [9.17, 15) is 19.5 Å². The van der Waals surface area contributed by atoms with Gasteiger partial charge in [-0.1, -0.05) is 13.8 Å². The van der Waals surface area contributed by atoms with Crippen molar-refractivity contribution in [1.82, 2.24) is 4.90 Å². The number of carboxylic acids is 1. The van der Waals surface area contributed by atoms with Gasteiger partial charge in [0, 0.05) is 12.5 Å². The first-order chi connectivity index (χ1) is 9.90. The number of esters is 1. The summed E-state index contributed by atoms with van der Waals surface area (Å²) in [6.07, 6.45) is 2.45. The zero-order valence-electron chi connectivity index (χ0n) is 13.1. The van der Waals surface area contributed by atoms with E-state index in [1.807, 2.05) is 0 Å². The van der Waals surface area contributed by atoms with Gasteiger partial charge in [-0.2, -0.15) is 0 Å². The van der Waals surface area contributed by atoms with E-state index in [1.165, 1.54) is 4.90 Å². The van der Waals surface area contributed by atoms with Crippen LogP contribution < -0.4 is 0 Å². The number of nitrogens with zero attached hydrogens (tertiary/aromatic N) is 1. The summed E-state index contributed by atoms with van der Waals surface area (Å²) in [6.45, 7) is 5.45. The molecule has 6 nitrogen and oxygen atoms in total. The smallest absolute Gasteiger partial charge is 0.325 e. The third-order valence-electron chi connectivity index (χ3n) is 4.21. The lowest BCUT2D eigenvalue weighted by molar-refractivity contribution is -0.156. The Balaban J connectivity index is 2.77. The van der Waals surface area contributed by atoms with E-state index in [-0.39, 0.29) is 31.5 Å². The van der Waals surface area contributed by atoms with E-state index in [4.69, 9.17) is 4.74 Å². The summed E-state index contributed by atoms with van der Waals surface area (Å²) < 4.78 is 4.88. The molecule has 1 amide bonds. The first kappa shape index (κ1) is 17.5. The molecule has 0 radical (unpaired) electrons. The minimum Gasteiger partial charge on any atom is -0.481 e. The van der Waals surface area contributed by atoms with Crippen molar-refractivity contribution in [2.45, 2.75) is 58.9 Å². The van der Waals surface area contributed by atoms with E-state index in [1.54, 1.807) is 20.8 Å². The molecule has 21 heavy (non-hydrogen) atoms. The number of carbonyl (C=O) groups is 3. The Morgan fingerprint density at radius 1 is 1.19 bits per heavy atom. The molecular weight excluding hydrogens is 274 g/mol. The molecule has 1 fully saturated rings. The van der Waals surface area contributed by atoms with Gasteiger partial charge in [0.15, 0.2) is 0 Å². The number of carbonyl (C=O) groups excluding carboxylic acids is 2. The van der Waals surface area contributed by atoms with Crippen LogP contribution in [0.15, 0.2) is 0 Å². The predicted octanol–water partition coefficient (Wildman–Crippen LogP) is 1.82. The topological polar surface area (TPSA) is 83.9 Å². The van der Waals surface area contributed by atoms with Gasteiger partial charge >= 0.3 is 11.9 Å². The average Bonchev–Trinajstić information content (AvgIpc) is 3.26. The second-order valence-corrected chi connectivity index (χ2v) is 5.53. The third-order valence-corrected chi connectivity index (χ3v) is 4.21. The molecule has 1 rings (SSSR count). The fourth-order valence-electron chi connectivity index (χ4n) is 2.42. The van der Waals surface area contributed by atoms with Gasteiger partial charge in [-0.15, -0.1) is 0 Å². The predicted molar refractivity (Wildman–Crippen MR) is 76.6 cm³/mol. The van der Waals surface area contributed by atoms with Crippen molar-refractivity contribution in [3.05, 3.63) is 0 Å². The minimum atomic E-state index is -1.04. The fraction of sp³-hybridized carbons (Fsp3) is 0.800. The zero-order chi connectivity index (χ0) is 16.0. The molecule has 0 aromatic rings. The molecular formula is C15H25NO5. The van der Waals surface area contributed by atoms with Crippen LogP contribution in [0.5, 0.6) is 0 Å². The number of amides is 1. The highest BCUT2D eigenvalue weighted by atomic mass is 16.5. The van der Waals surface area contributed by atoms with E-state index in [0.29, 0.717) is 12.8 Å². The highest BCUT2D eigenvalue weighted by molar-refractivity contribution is 5.87. The molecule has 1 aliphatic rings. The monoisotopic (exact) mass is 299 g/mol. The van der Waals surface area contributed by atoms with Crippen molar-refractivity contribution >= 4 is 17.8 Å². The van der Waals surface area contributed by atoms with Crippen LogP contribution in [0.3, 0.4) is 0 Å². The van der Waals surface area contributed by atoms with Gasteiger partial charge in [-0.25, -0.2) is 0 Å². The van der Waals surface area contributed by atoms with Gasteiger partial charge in [0.1, 0.15) is 6.54 Å². The Kier molecular flexibility index (Phi) is 6.18. The number of ether oxygens (including phenoxy) is 1. The summed E-state index contributed by atoms with van der Waals surface area (Å²) in [5.41, 5.74) is -1.04. The molecule has 6 heteroatoms. The second-order valence-electron chi connectivity index (χ2n) is 5.53. The maximum atomic E-state index is 12.5. The second kappa shape index (κ2) is 7.43. The molecule has 0 atom stereocenters. The summed E-state index contributed by atoms with van der Waals surface area (Å²) in [4.78, 5) is 37.0. The summed E-state index contributed by atoms with van der Waals surface area (Å²) in [5, 5.41) is 9.41. The lowest BCUT2D eigenvalue weighted by Crippen LogP contribution is -2.43. The van der Waals surface area contributed by atoms with E-state index < -0.39 is 17.4 Å². The summed E-state index contributed by atoms with van der Waals surface area (Å²) in [7, 11) is 0. The van der Waals surface area contributed by atoms with Gasteiger partial charge < -0.3 is 14.7 Å². The van der Waals surface area contributed by atoms with Crippen molar-refractivity contribution < 1.29 is 24.2 Å². The first-order valence-electron chi connectivity index (χ1n) is 7.58. The van der Waals surface area contributed by atoms with Crippen molar-refractivity contribution in [2.75, 3.05) is 13.2 Å². The Morgan fingerprint density at radius 2 is 1.76 bits per heavy atom. The lowest BCUT2D eigenvalue weighted by Gasteiger charge is -2.29. The summed E-state index contributed by atoms with van der Waals surface area (Å²) in [6, 6.07) is 0.0575. The quantitative estimate of drug-likeness (QED) is 0.657. The van der Waals surface area contributed by atoms with Crippen LogP contribution in [0.2, 0.25) is 0 Å². The Bertz CT molecular complexity index is 399. The van der Waals surface area contributed by atoms with Crippen LogP contribution in [0.4, 0.5) is 0 Å². The maximum absolute atomic E-state index is 12.5. The number of aliphatic carboxylic acids is 1. The van der Waals surface area contributed by atoms with Crippen molar-refractivity contribution in [2.24, 2.45) is 5.41 Å². The number of hydrogen-bond acceptors (Lipinski definition) is 4. The summed E-state index contributed by atoms with van der Waals surface area (Å²) in [5.74, 6) is -1.66. The van der Waals surface area contributed by atoms with Crippen LogP contribution in [-0.2, 0) is 19.1 Å². The molecule has 120 valence electrons. The minimum absolute atomic E-state index is 0.0575. The van der Waals surface area contributed by atoms with Gasteiger partial charge in [0.05, 0.1) is 12.0 Å². The Labute approximate surface area is 125 Å². The summed E-state index contributed by atoms with van der Waals surface area (Å²) >= 11 is 0. The molecule has 0 aromatic heterocycles. The van der Waals surface area contributed by atoms with Crippen LogP contribution in [0.25, 0.3) is 0 Å². The lowest BCUT2D eigenvalue weighted by atomic mass is 9.79. The van der Waals surface area contributed by atoms with Gasteiger partial charge in [0.2, 0.25) is 5.91 Å². The molecule has 0 saturated heterocycles. The van der Waals surface area contributed by atoms with E-state index in [0.717, 1.165) is 12.8 Å². The Hall–Kier alpha value is -1.59. The van der Waals surface area contributed by atoms with Crippen LogP contribution in [0, 0.1) is 5.41 Å². The molecule has 0 bridgehead atoms. The number of hydrogen-bond donors (Lipinski definition) is 1. The molecule has 0 aromatic carbocycles. The van der Waals surface area contributed by atoms with Crippen LogP contribution in [-0.4, -0.2) is 47.0 Å². The highest BCUT2D eigenvalue weighted by Gasteiger charge is 2.41.